The molecule has 0 aromatic carbocycles. The second kappa shape index (κ2) is 7.29. The van der Waals surface area contributed by atoms with Crippen molar-refractivity contribution in [2.24, 2.45) is 5.92 Å². The number of hydrogen-bond acceptors (Lipinski definition) is 2. The zero-order valence-corrected chi connectivity index (χ0v) is 11.6. The van der Waals surface area contributed by atoms with Crippen molar-refractivity contribution in [2.45, 2.75) is 65.0 Å². The second-order valence-corrected chi connectivity index (χ2v) is 5.38. The average Bonchev–Trinajstić information content (AvgIpc) is 2.73. The lowest BCUT2D eigenvalue weighted by molar-refractivity contribution is 0.225. The minimum atomic E-state index is 0.735. The minimum absolute atomic E-state index is 0.735. The first kappa shape index (κ1) is 14.0. The highest BCUT2D eigenvalue weighted by Gasteiger charge is 2.26. The first-order chi connectivity index (χ1) is 7.69. The largest absolute Gasteiger partial charge is 0.314 e. The van der Waals surface area contributed by atoms with Crippen LogP contribution in [0.3, 0.4) is 0 Å². The average molecular weight is 226 g/mol. The summed E-state index contributed by atoms with van der Waals surface area (Å²) in [5, 5.41) is 3.64. The molecule has 1 aliphatic carbocycles. The highest BCUT2D eigenvalue weighted by molar-refractivity contribution is 4.83. The SMILES string of the molecule is CCNC1CCCC1CCN(C)C(C)CC. The quantitative estimate of drug-likeness (QED) is 0.718. The second-order valence-electron chi connectivity index (χ2n) is 5.38. The first-order valence-corrected chi connectivity index (χ1v) is 7.12. The van der Waals surface area contributed by atoms with Crippen LogP contribution in [0.5, 0.6) is 0 Å². The number of nitrogens with zero attached hydrogens (tertiary/aromatic N) is 1. The molecule has 0 spiro atoms. The van der Waals surface area contributed by atoms with E-state index in [1.807, 2.05) is 0 Å². The van der Waals surface area contributed by atoms with Crippen LogP contribution in [-0.4, -0.2) is 37.1 Å². The van der Waals surface area contributed by atoms with E-state index in [2.05, 4.69) is 38.0 Å². The zero-order valence-electron chi connectivity index (χ0n) is 11.6. The van der Waals surface area contributed by atoms with Crippen LogP contribution in [0, 0.1) is 5.92 Å². The molecular weight excluding hydrogens is 196 g/mol. The first-order valence-electron chi connectivity index (χ1n) is 7.12. The Morgan fingerprint density at radius 2 is 2.06 bits per heavy atom. The molecule has 3 unspecified atom stereocenters. The highest BCUT2D eigenvalue weighted by atomic mass is 15.1. The summed E-state index contributed by atoms with van der Waals surface area (Å²) in [7, 11) is 2.27. The van der Waals surface area contributed by atoms with Crippen molar-refractivity contribution in [1.29, 1.82) is 0 Å². The van der Waals surface area contributed by atoms with Crippen LogP contribution < -0.4 is 5.32 Å². The van der Waals surface area contributed by atoms with E-state index in [9.17, 15) is 0 Å². The van der Waals surface area contributed by atoms with Gasteiger partial charge in [0.25, 0.3) is 0 Å². The standard InChI is InChI=1S/C14H30N2/c1-5-12(3)16(4)11-10-13-8-7-9-14(13)15-6-2/h12-15H,5-11H2,1-4H3. The smallest absolute Gasteiger partial charge is 0.00956 e. The maximum atomic E-state index is 3.64. The Morgan fingerprint density at radius 3 is 2.69 bits per heavy atom. The minimum Gasteiger partial charge on any atom is -0.314 e. The van der Waals surface area contributed by atoms with E-state index in [-0.39, 0.29) is 0 Å². The molecule has 0 saturated heterocycles. The molecule has 0 aromatic rings. The number of hydrogen-bond donors (Lipinski definition) is 1. The summed E-state index contributed by atoms with van der Waals surface area (Å²) in [6, 6.07) is 1.54. The van der Waals surface area contributed by atoms with Crippen LogP contribution in [0.2, 0.25) is 0 Å². The third-order valence-corrected chi connectivity index (χ3v) is 4.32. The Kier molecular flexibility index (Phi) is 6.37. The monoisotopic (exact) mass is 226 g/mol. The van der Waals surface area contributed by atoms with Crippen LogP contribution in [0.4, 0.5) is 0 Å². The van der Waals surface area contributed by atoms with Gasteiger partial charge in [0.05, 0.1) is 0 Å². The molecule has 1 aliphatic rings. The fraction of sp³-hybridized carbons (Fsp3) is 1.00. The van der Waals surface area contributed by atoms with Crippen molar-refractivity contribution in [3.8, 4) is 0 Å². The van der Waals surface area contributed by atoms with Gasteiger partial charge >= 0.3 is 0 Å². The van der Waals surface area contributed by atoms with Crippen LogP contribution in [-0.2, 0) is 0 Å². The van der Waals surface area contributed by atoms with Crippen LogP contribution in [0.1, 0.15) is 52.9 Å². The van der Waals surface area contributed by atoms with E-state index in [0.29, 0.717) is 0 Å². The van der Waals surface area contributed by atoms with Gasteiger partial charge in [-0.05, 0) is 58.7 Å². The third-order valence-electron chi connectivity index (χ3n) is 4.32. The summed E-state index contributed by atoms with van der Waals surface area (Å²) in [5.74, 6) is 0.923. The molecule has 0 amide bonds. The van der Waals surface area contributed by atoms with Gasteiger partial charge in [-0.3, -0.25) is 0 Å². The molecule has 0 aliphatic heterocycles. The molecule has 1 N–H and O–H groups in total. The Balaban J connectivity index is 2.25. The molecule has 3 atom stereocenters. The fourth-order valence-electron chi connectivity index (χ4n) is 2.81. The molecule has 2 heteroatoms. The molecule has 96 valence electrons. The Morgan fingerprint density at radius 1 is 1.31 bits per heavy atom. The summed E-state index contributed by atoms with van der Waals surface area (Å²) in [6.45, 7) is 9.22. The Bertz CT molecular complexity index is 182. The lowest BCUT2D eigenvalue weighted by Crippen LogP contribution is -2.35. The summed E-state index contributed by atoms with van der Waals surface area (Å²) >= 11 is 0. The van der Waals surface area contributed by atoms with Gasteiger partial charge in [-0.1, -0.05) is 20.3 Å². The maximum absolute atomic E-state index is 3.64. The molecule has 0 radical (unpaired) electrons. The van der Waals surface area contributed by atoms with Gasteiger partial charge in [-0.15, -0.1) is 0 Å². The van der Waals surface area contributed by atoms with Gasteiger partial charge in [0.2, 0.25) is 0 Å². The van der Waals surface area contributed by atoms with Gasteiger partial charge in [0, 0.05) is 12.1 Å². The van der Waals surface area contributed by atoms with Crippen LogP contribution >= 0.6 is 0 Å². The topological polar surface area (TPSA) is 15.3 Å². The molecule has 16 heavy (non-hydrogen) atoms. The van der Waals surface area contributed by atoms with Gasteiger partial charge in [-0.25, -0.2) is 0 Å². The van der Waals surface area contributed by atoms with Gasteiger partial charge < -0.3 is 10.2 Å². The van der Waals surface area contributed by atoms with Crippen molar-refractivity contribution in [2.75, 3.05) is 20.1 Å². The van der Waals surface area contributed by atoms with Crippen molar-refractivity contribution in [3.63, 3.8) is 0 Å². The van der Waals surface area contributed by atoms with Crippen molar-refractivity contribution < 1.29 is 0 Å². The molecule has 0 aromatic heterocycles. The van der Waals surface area contributed by atoms with E-state index in [4.69, 9.17) is 0 Å². The van der Waals surface area contributed by atoms with Crippen LogP contribution in [0.15, 0.2) is 0 Å². The third kappa shape index (κ3) is 4.06. The maximum Gasteiger partial charge on any atom is 0.00956 e. The predicted octanol–water partition coefficient (Wildman–Crippen LogP) is 2.89. The lowest BCUT2D eigenvalue weighted by Gasteiger charge is -2.27. The van der Waals surface area contributed by atoms with Gasteiger partial charge in [0.15, 0.2) is 0 Å². The summed E-state index contributed by atoms with van der Waals surface area (Å²) in [5.41, 5.74) is 0. The van der Waals surface area contributed by atoms with E-state index in [1.165, 1.54) is 38.6 Å². The van der Waals surface area contributed by atoms with E-state index < -0.39 is 0 Å². The Hall–Kier alpha value is -0.0800. The lowest BCUT2D eigenvalue weighted by atomic mass is 9.99. The molecule has 2 nitrogen and oxygen atoms in total. The molecule has 1 saturated carbocycles. The van der Waals surface area contributed by atoms with Gasteiger partial charge in [-0.2, -0.15) is 0 Å². The fourth-order valence-corrected chi connectivity index (χ4v) is 2.81. The molecule has 1 rings (SSSR count). The van der Waals surface area contributed by atoms with Crippen LogP contribution in [0.25, 0.3) is 0 Å². The number of rotatable bonds is 7. The van der Waals surface area contributed by atoms with E-state index in [0.717, 1.165) is 24.5 Å². The highest BCUT2D eigenvalue weighted by Crippen LogP contribution is 2.28. The predicted molar refractivity (Wildman–Crippen MR) is 71.8 cm³/mol. The summed E-state index contributed by atoms with van der Waals surface area (Å²) < 4.78 is 0. The zero-order chi connectivity index (χ0) is 12.0. The van der Waals surface area contributed by atoms with Crippen molar-refractivity contribution >= 4 is 0 Å². The molecule has 1 fully saturated rings. The normalized spacial score (nSPS) is 27.6. The molecule has 0 bridgehead atoms. The summed E-state index contributed by atoms with van der Waals surface area (Å²) in [4.78, 5) is 2.52. The number of nitrogens with one attached hydrogen (secondary N) is 1. The van der Waals surface area contributed by atoms with Crippen molar-refractivity contribution in [3.05, 3.63) is 0 Å². The van der Waals surface area contributed by atoms with E-state index in [1.54, 1.807) is 0 Å². The van der Waals surface area contributed by atoms with E-state index >= 15 is 0 Å². The van der Waals surface area contributed by atoms with Crippen molar-refractivity contribution in [1.82, 2.24) is 10.2 Å². The molecule has 0 heterocycles. The Labute approximate surface area is 102 Å². The molecular formula is C14H30N2. The van der Waals surface area contributed by atoms with Gasteiger partial charge in [0.1, 0.15) is 0 Å². The summed E-state index contributed by atoms with van der Waals surface area (Å²) in [6.07, 6.45) is 6.89.